The van der Waals surface area contributed by atoms with Gasteiger partial charge >= 0.3 is 0 Å². The summed E-state index contributed by atoms with van der Waals surface area (Å²) < 4.78 is 0. The predicted octanol–water partition coefficient (Wildman–Crippen LogP) is 3.73. The molecule has 0 spiro atoms. The van der Waals surface area contributed by atoms with E-state index >= 15 is 0 Å². The van der Waals surface area contributed by atoms with Crippen LogP contribution in [0.2, 0.25) is 0 Å². The number of hydrogen-bond acceptors (Lipinski definition) is 4. The van der Waals surface area contributed by atoms with Crippen molar-refractivity contribution >= 4 is 28.6 Å². The first kappa shape index (κ1) is 16.2. The second-order valence-corrected chi connectivity index (χ2v) is 7.54. The minimum Gasteiger partial charge on any atom is -0.331 e. The van der Waals surface area contributed by atoms with Crippen LogP contribution in [0.25, 0.3) is 0 Å². The molecule has 0 atom stereocenters. The number of nitrogens with one attached hydrogen (secondary N) is 1. The Balaban J connectivity index is 2.16. The third-order valence-electron chi connectivity index (χ3n) is 3.29. The fourth-order valence-electron chi connectivity index (χ4n) is 2.29. The van der Waals surface area contributed by atoms with Crippen molar-refractivity contribution in [2.24, 2.45) is 0 Å². The molecule has 1 amide bonds. The number of likely N-dealkylation sites (N-methyl/N-ethyl adjacent to an activating group) is 1. The zero-order chi connectivity index (χ0) is 15.3. The maximum Gasteiger partial charge on any atom is 0.242 e. The van der Waals surface area contributed by atoms with Gasteiger partial charge in [-0.1, -0.05) is 19.1 Å². The number of thiophene rings is 2. The minimum absolute atomic E-state index is 0.145. The largest absolute Gasteiger partial charge is 0.331 e. The molecule has 0 radical (unpaired) electrons. The van der Waals surface area contributed by atoms with Crippen molar-refractivity contribution in [1.29, 1.82) is 0 Å². The quantitative estimate of drug-likeness (QED) is 0.842. The fourth-order valence-corrected chi connectivity index (χ4v) is 3.73. The minimum atomic E-state index is -0.538. The van der Waals surface area contributed by atoms with Crippen LogP contribution in [0.3, 0.4) is 0 Å². The van der Waals surface area contributed by atoms with Crippen LogP contribution in [-0.4, -0.2) is 22.9 Å². The average molecular weight is 322 g/mol. The molecule has 1 N–H and O–H groups in total. The summed E-state index contributed by atoms with van der Waals surface area (Å²) in [6, 6.07) is 8.23. The molecule has 0 saturated carbocycles. The first-order valence-electron chi connectivity index (χ1n) is 7.12. The molecule has 2 rings (SSSR count). The Morgan fingerprint density at radius 3 is 2.05 bits per heavy atom. The van der Waals surface area contributed by atoms with Crippen molar-refractivity contribution in [3.8, 4) is 0 Å². The van der Waals surface area contributed by atoms with Crippen molar-refractivity contribution in [3.63, 3.8) is 0 Å². The number of hydrogen-bond donors (Lipinski definition) is 1. The summed E-state index contributed by atoms with van der Waals surface area (Å²) in [7, 11) is 0. The predicted molar refractivity (Wildman–Crippen MR) is 90.6 cm³/mol. The Labute approximate surface area is 134 Å². The van der Waals surface area contributed by atoms with Gasteiger partial charge in [0.2, 0.25) is 5.91 Å². The molecule has 0 unspecified atom stereocenters. The van der Waals surface area contributed by atoms with Gasteiger partial charge in [0.1, 0.15) is 0 Å². The first-order chi connectivity index (χ1) is 10.0. The van der Waals surface area contributed by atoms with Crippen molar-refractivity contribution in [2.45, 2.75) is 39.4 Å². The molecular formula is C16H22N2OS2. The molecule has 0 aliphatic rings. The number of rotatable bonds is 7. The van der Waals surface area contributed by atoms with Crippen LogP contribution in [0.1, 0.15) is 30.5 Å². The van der Waals surface area contributed by atoms with Crippen LogP contribution < -0.4 is 5.32 Å². The van der Waals surface area contributed by atoms with E-state index < -0.39 is 5.54 Å². The molecule has 0 fully saturated rings. The molecule has 0 saturated heterocycles. The summed E-state index contributed by atoms with van der Waals surface area (Å²) in [5, 5.41) is 7.39. The third kappa shape index (κ3) is 4.40. The Hall–Kier alpha value is -1.17. The van der Waals surface area contributed by atoms with Crippen molar-refractivity contribution in [3.05, 3.63) is 44.8 Å². The number of carbonyl (C=O) groups excluding carboxylic acids is 1. The lowest BCUT2D eigenvalue weighted by Gasteiger charge is -2.32. The van der Waals surface area contributed by atoms with Crippen LogP contribution in [0.15, 0.2) is 35.0 Å². The Morgan fingerprint density at radius 2 is 1.67 bits per heavy atom. The summed E-state index contributed by atoms with van der Waals surface area (Å²) in [5.41, 5.74) is -0.538. The van der Waals surface area contributed by atoms with Crippen LogP contribution in [0.5, 0.6) is 0 Å². The second-order valence-electron chi connectivity index (χ2n) is 5.48. The highest BCUT2D eigenvalue weighted by atomic mass is 32.1. The average Bonchev–Trinajstić information content (AvgIpc) is 3.10. The zero-order valence-corrected chi connectivity index (χ0v) is 14.4. The molecule has 2 heterocycles. The smallest absolute Gasteiger partial charge is 0.242 e. The molecule has 2 aromatic heterocycles. The lowest BCUT2D eigenvalue weighted by Crippen LogP contribution is -2.53. The summed E-state index contributed by atoms with van der Waals surface area (Å²) in [6.45, 7) is 8.05. The van der Waals surface area contributed by atoms with Crippen LogP contribution in [0, 0.1) is 0 Å². The molecular weight excluding hydrogens is 300 g/mol. The Kier molecular flexibility index (Phi) is 5.56. The van der Waals surface area contributed by atoms with E-state index in [9.17, 15) is 4.79 Å². The van der Waals surface area contributed by atoms with Gasteiger partial charge in [0.05, 0.1) is 18.6 Å². The molecule has 3 nitrogen and oxygen atoms in total. The molecule has 0 aliphatic heterocycles. The maximum atomic E-state index is 12.9. The molecule has 0 aromatic carbocycles. The highest BCUT2D eigenvalue weighted by molar-refractivity contribution is 7.10. The monoisotopic (exact) mass is 322 g/mol. The fraction of sp³-hybridized carbons (Fsp3) is 0.438. The number of carbonyl (C=O) groups is 1. The van der Waals surface area contributed by atoms with E-state index in [1.54, 1.807) is 22.7 Å². The van der Waals surface area contributed by atoms with Gasteiger partial charge in [-0.05, 0) is 43.3 Å². The van der Waals surface area contributed by atoms with Gasteiger partial charge < -0.3 is 10.2 Å². The van der Waals surface area contributed by atoms with E-state index in [1.165, 1.54) is 9.75 Å². The molecule has 114 valence electrons. The summed E-state index contributed by atoms with van der Waals surface area (Å²) in [4.78, 5) is 17.3. The lowest BCUT2D eigenvalue weighted by atomic mass is 10.0. The van der Waals surface area contributed by atoms with Gasteiger partial charge in [-0.25, -0.2) is 0 Å². The van der Waals surface area contributed by atoms with Gasteiger partial charge in [0.15, 0.2) is 0 Å². The van der Waals surface area contributed by atoms with Crippen molar-refractivity contribution in [1.82, 2.24) is 10.2 Å². The van der Waals surface area contributed by atoms with Crippen LogP contribution >= 0.6 is 22.7 Å². The van der Waals surface area contributed by atoms with Gasteiger partial charge in [-0.3, -0.25) is 4.79 Å². The summed E-state index contributed by atoms with van der Waals surface area (Å²) in [5.74, 6) is 0.145. The lowest BCUT2D eigenvalue weighted by molar-refractivity contribution is -0.138. The van der Waals surface area contributed by atoms with Crippen LogP contribution in [-0.2, 0) is 17.9 Å². The van der Waals surface area contributed by atoms with Crippen LogP contribution in [0.4, 0.5) is 0 Å². The van der Waals surface area contributed by atoms with E-state index in [0.29, 0.717) is 13.1 Å². The topological polar surface area (TPSA) is 32.3 Å². The van der Waals surface area contributed by atoms with E-state index in [4.69, 9.17) is 0 Å². The van der Waals surface area contributed by atoms with Gasteiger partial charge in [0, 0.05) is 9.75 Å². The van der Waals surface area contributed by atoms with E-state index in [0.717, 1.165) is 6.54 Å². The van der Waals surface area contributed by atoms with E-state index in [1.807, 2.05) is 37.8 Å². The molecule has 21 heavy (non-hydrogen) atoms. The molecule has 5 heteroatoms. The van der Waals surface area contributed by atoms with Gasteiger partial charge in [-0.15, -0.1) is 22.7 Å². The molecule has 0 bridgehead atoms. The van der Waals surface area contributed by atoms with E-state index in [-0.39, 0.29) is 5.91 Å². The van der Waals surface area contributed by atoms with Crippen molar-refractivity contribution < 1.29 is 4.79 Å². The second kappa shape index (κ2) is 7.20. The molecule has 0 aliphatic carbocycles. The Bertz CT molecular complexity index is 511. The maximum absolute atomic E-state index is 12.9. The van der Waals surface area contributed by atoms with E-state index in [2.05, 4.69) is 28.2 Å². The highest BCUT2D eigenvalue weighted by Gasteiger charge is 2.31. The normalized spacial score (nSPS) is 11.6. The SMILES string of the molecule is CCNC(C)(C)C(=O)N(Cc1cccs1)Cc1cccs1. The van der Waals surface area contributed by atoms with Gasteiger partial charge in [0.25, 0.3) is 0 Å². The Morgan fingerprint density at radius 1 is 1.14 bits per heavy atom. The summed E-state index contributed by atoms with van der Waals surface area (Å²) in [6.07, 6.45) is 0. The molecule has 2 aromatic rings. The van der Waals surface area contributed by atoms with Gasteiger partial charge in [-0.2, -0.15) is 0 Å². The van der Waals surface area contributed by atoms with Crippen molar-refractivity contribution in [2.75, 3.05) is 6.54 Å². The first-order valence-corrected chi connectivity index (χ1v) is 8.88. The zero-order valence-electron chi connectivity index (χ0n) is 12.8. The highest BCUT2D eigenvalue weighted by Crippen LogP contribution is 2.20. The number of amides is 1. The standard InChI is InChI=1S/C16H22N2OS2/c1-4-17-16(2,3)15(19)18(11-13-7-5-9-20-13)12-14-8-6-10-21-14/h5-10,17H,4,11-12H2,1-3H3. The third-order valence-corrected chi connectivity index (χ3v) is 5.02. The summed E-state index contributed by atoms with van der Waals surface area (Å²) >= 11 is 3.39. The number of nitrogens with zero attached hydrogens (tertiary/aromatic N) is 1.